The number of nitrogens with one attached hydrogen (secondary N) is 2. The third kappa shape index (κ3) is 4.93. The topological polar surface area (TPSA) is 131 Å². The standard InChI is InChI=1S/C32H37N9O3S/c1-38-14-15-39(2)28(43)25(38)19-5-7-21(8-6-19)35-31-37-30(36-29-33-11-13-41(29)31)40-12-3-4-22(18-40)34-27(42)24-16-23-26(45-24)20-9-10-32(23,44)17-20/h5-8,11,13,16,20,22,25,44H,3-4,9-10,12,14-15,17-18H2,1-2H3,(H,34,42)(H,33,35,36,37)/t20?,22-,25?,32?/m0/s1. The van der Waals surface area contributed by atoms with E-state index in [4.69, 9.17) is 9.97 Å². The molecule has 4 atom stereocenters. The van der Waals surface area contributed by atoms with Crippen LogP contribution >= 0.6 is 11.3 Å². The number of piperazine rings is 1. The number of hydrogen-bond acceptors (Lipinski definition) is 10. The van der Waals surface area contributed by atoms with Crippen molar-refractivity contribution in [3.05, 3.63) is 63.6 Å². The van der Waals surface area contributed by atoms with Gasteiger partial charge in [0.25, 0.3) is 5.91 Å². The van der Waals surface area contributed by atoms with Gasteiger partial charge in [-0.15, -0.1) is 11.3 Å². The number of amides is 2. The van der Waals surface area contributed by atoms with Gasteiger partial charge < -0.3 is 25.5 Å². The Morgan fingerprint density at radius 2 is 1.96 bits per heavy atom. The smallest absolute Gasteiger partial charge is 0.261 e. The summed E-state index contributed by atoms with van der Waals surface area (Å²) in [6.07, 6.45) is 7.88. The molecule has 234 valence electrons. The Labute approximate surface area is 265 Å². The molecule has 1 aromatic carbocycles. The number of benzene rings is 1. The molecule has 0 spiro atoms. The first-order valence-electron chi connectivity index (χ1n) is 15.7. The minimum atomic E-state index is -0.741. The zero-order valence-corrected chi connectivity index (χ0v) is 26.3. The molecule has 45 heavy (non-hydrogen) atoms. The summed E-state index contributed by atoms with van der Waals surface area (Å²) >= 11 is 1.54. The van der Waals surface area contributed by atoms with Crippen LogP contribution < -0.4 is 15.5 Å². The molecule has 2 amide bonds. The summed E-state index contributed by atoms with van der Waals surface area (Å²) < 4.78 is 1.81. The van der Waals surface area contributed by atoms with Gasteiger partial charge in [-0.25, -0.2) is 4.98 Å². The lowest BCUT2D eigenvalue weighted by atomic mass is 9.94. The largest absolute Gasteiger partial charge is 0.385 e. The van der Waals surface area contributed by atoms with E-state index in [2.05, 4.69) is 25.4 Å². The second-order valence-electron chi connectivity index (χ2n) is 13.0. The van der Waals surface area contributed by atoms with Crippen molar-refractivity contribution in [2.75, 3.05) is 50.5 Å². The number of carbonyl (C=O) groups is 2. The van der Waals surface area contributed by atoms with Crippen molar-refractivity contribution in [1.29, 1.82) is 0 Å². The van der Waals surface area contributed by atoms with Crippen LogP contribution in [0.2, 0.25) is 0 Å². The minimum absolute atomic E-state index is 0.0498. The maximum atomic E-state index is 13.3. The van der Waals surface area contributed by atoms with Gasteiger partial charge in [0.1, 0.15) is 6.04 Å². The van der Waals surface area contributed by atoms with Gasteiger partial charge in [-0.2, -0.15) is 9.97 Å². The van der Waals surface area contributed by atoms with Crippen molar-refractivity contribution >= 4 is 46.5 Å². The van der Waals surface area contributed by atoms with E-state index in [0.29, 0.717) is 35.0 Å². The first kappa shape index (κ1) is 28.4. The molecular formula is C32H37N9O3S. The maximum absolute atomic E-state index is 13.3. The van der Waals surface area contributed by atoms with Gasteiger partial charge in [0.2, 0.25) is 23.6 Å². The molecule has 4 aliphatic rings. The molecule has 0 radical (unpaired) electrons. The van der Waals surface area contributed by atoms with Crippen molar-refractivity contribution in [1.82, 2.24) is 34.5 Å². The Bertz CT molecular complexity index is 1790. The number of likely N-dealkylation sites (N-methyl/N-ethyl adjacent to an activating group) is 2. The number of imidazole rings is 1. The Morgan fingerprint density at radius 3 is 2.78 bits per heavy atom. The molecule has 1 saturated carbocycles. The Morgan fingerprint density at radius 1 is 1.11 bits per heavy atom. The molecule has 5 heterocycles. The normalized spacial score (nSPS) is 26.5. The number of hydrogen-bond donors (Lipinski definition) is 3. The fourth-order valence-electron chi connectivity index (χ4n) is 7.47. The van der Waals surface area contributed by atoms with E-state index in [-0.39, 0.29) is 23.9 Å². The molecule has 2 aliphatic heterocycles. The molecule has 3 fully saturated rings. The average Bonchev–Trinajstić information content (AvgIpc) is 3.82. The van der Waals surface area contributed by atoms with Crippen molar-refractivity contribution < 1.29 is 14.7 Å². The molecular weight excluding hydrogens is 590 g/mol. The van der Waals surface area contributed by atoms with Crippen LogP contribution in [-0.2, 0) is 10.4 Å². The van der Waals surface area contributed by atoms with E-state index in [1.54, 1.807) is 22.4 Å². The monoisotopic (exact) mass is 627 g/mol. The van der Waals surface area contributed by atoms with Crippen molar-refractivity contribution in [3.8, 4) is 0 Å². The van der Waals surface area contributed by atoms with Crippen molar-refractivity contribution in [2.24, 2.45) is 0 Å². The molecule has 3 N–H and O–H groups in total. The van der Waals surface area contributed by atoms with Crippen LogP contribution in [-0.4, -0.2) is 92.4 Å². The third-order valence-electron chi connectivity index (χ3n) is 9.96. The van der Waals surface area contributed by atoms with Crippen LogP contribution in [0.15, 0.2) is 42.7 Å². The van der Waals surface area contributed by atoms with Gasteiger partial charge in [-0.3, -0.25) is 18.9 Å². The molecule has 8 rings (SSSR count). The van der Waals surface area contributed by atoms with E-state index in [9.17, 15) is 14.7 Å². The molecule has 12 nitrogen and oxygen atoms in total. The van der Waals surface area contributed by atoms with Gasteiger partial charge in [0.05, 0.1) is 10.5 Å². The Hall–Kier alpha value is -4.07. The Balaban J connectivity index is 0.980. The molecule has 13 heteroatoms. The summed E-state index contributed by atoms with van der Waals surface area (Å²) in [6.45, 7) is 2.92. The quantitative estimate of drug-likeness (QED) is 0.295. The summed E-state index contributed by atoms with van der Waals surface area (Å²) in [4.78, 5) is 48.1. The van der Waals surface area contributed by atoms with E-state index in [0.717, 1.165) is 68.6 Å². The van der Waals surface area contributed by atoms with Crippen LogP contribution in [0.1, 0.15) is 69.7 Å². The number of carbonyl (C=O) groups excluding carboxylic acids is 2. The molecule has 4 aromatic rings. The number of piperidine rings is 1. The van der Waals surface area contributed by atoms with Gasteiger partial charge in [0.15, 0.2) is 0 Å². The highest BCUT2D eigenvalue weighted by Crippen LogP contribution is 2.58. The van der Waals surface area contributed by atoms with Crippen LogP contribution in [0, 0.1) is 0 Å². The molecule has 2 saturated heterocycles. The van der Waals surface area contributed by atoms with Crippen LogP contribution in [0.4, 0.5) is 17.6 Å². The Kier molecular flexibility index (Phi) is 6.80. The fourth-order valence-corrected chi connectivity index (χ4v) is 8.76. The number of aromatic nitrogens is 4. The minimum Gasteiger partial charge on any atom is -0.385 e. The number of nitrogens with zero attached hydrogens (tertiary/aromatic N) is 7. The van der Waals surface area contributed by atoms with Crippen molar-refractivity contribution in [2.45, 2.75) is 55.7 Å². The predicted molar refractivity (Wildman–Crippen MR) is 171 cm³/mol. The average molecular weight is 628 g/mol. The lowest BCUT2D eigenvalue weighted by Crippen LogP contribution is -2.48. The zero-order chi connectivity index (χ0) is 30.9. The first-order valence-corrected chi connectivity index (χ1v) is 16.5. The van der Waals surface area contributed by atoms with Crippen LogP contribution in [0.25, 0.3) is 5.78 Å². The lowest BCUT2D eigenvalue weighted by molar-refractivity contribution is -0.139. The summed E-state index contributed by atoms with van der Waals surface area (Å²) in [5.41, 5.74) is 2.02. The first-order chi connectivity index (χ1) is 21.8. The highest BCUT2D eigenvalue weighted by Gasteiger charge is 2.49. The van der Waals surface area contributed by atoms with E-state index in [1.807, 2.05) is 55.0 Å². The van der Waals surface area contributed by atoms with Crippen molar-refractivity contribution in [3.63, 3.8) is 0 Å². The summed E-state index contributed by atoms with van der Waals surface area (Å²) in [5, 5.41) is 17.6. The molecule has 2 aliphatic carbocycles. The summed E-state index contributed by atoms with van der Waals surface area (Å²) in [7, 11) is 3.83. The van der Waals surface area contributed by atoms with Gasteiger partial charge in [-0.1, -0.05) is 12.1 Å². The summed E-state index contributed by atoms with van der Waals surface area (Å²) in [5.74, 6) is 2.08. The molecule has 3 aromatic heterocycles. The number of anilines is 3. The highest BCUT2D eigenvalue weighted by atomic mass is 32.1. The highest BCUT2D eigenvalue weighted by molar-refractivity contribution is 7.14. The third-order valence-corrected chi connectivity index (χ3v) is 11.3. The lowest BCUT2D eigenvalue weighted by Gasteiger charge is -2.37. The SMILES string of the molecule is CN1CCN(C)C(c2ccc(Nc3nc(N4CCC[C@H](NC(=O)c5cc6c(s5)C5CCC6(O)C5)C4)nc4nccn34)cc2)C1=O. The fraction of sp³-hybridized carbons (Fsp3) is 0.469. The zero-order valence-electron chi connectivity index (χ0n) is 25.4. The number of rotatable bonds is 6. The molecule has 2 bridgehead atoms. The van der Waals surface area contributed by atoms with Gasteiger partial charge in [-0.05, 0) is 74.4 Å². The second kappa shape index (κ2) is 10.8. The second-order valence-corrected chi connectivity index (χ2v) is 14.0. The number of thiophene rings is 1. The predicted octanol–water partition coefficient (Wildman–Crippen LogP) is 3.24. The number of fused-ring (bicyclic) bond motifs is 6. The van der Waals surface area contributed by atoms with Crippen LogP contribution in [0.3, 0.4) is 0 Å². The van der Waals surface area contributed by atoms with E-state index < -0.39 is 5.60 Å². The van der Waals surface area contributed by atoms with Crippen LogP contribution in [0.5, 0.6) is 0 Å². The number of aliphatic hydroxyl groups is 1. The van der Waals surface area contributed by atoms with Gasteiger partial charge in [0, 0.05) is 62.2 Å². The van der Waals surface area contributed by atoms with E-state index >= 15 is 0 Å². The van der Waals surface area contributed by atoms with Gasteiger partial charge >= 0.3 is 0 Å². The van der Waals surface area contributed by atoms with E-state index in [1.165, 1.54) is 4.88 Å². The maximum Gasteiger partial charge on any atom is 0.261 e. The molecule has 3 unspecified atom stereocenters. The summed E-state index contributed by atoms with van der Waals surface area (Å²) in [6, 6.07) is 9.47.